The normalized spacial score (nSPS) is 19.4. The fourth-order valence-corrected chi connectivity index (χ4v) is 3.73. The topological polar surface area (TPSA) is 24.1 Å². The molecule has 3 rings (SSSR count). The summed E-state index contributed by atoms with van der Waals surface area (Å²) in [4.78, 5) is 0. The number of para-hydroxylation sites is 1. The molecule has 20 heavy (non-hydrogen) atoms. The first-order chi connectivity index (χ1) is 9.93. The van der Waals surface area contributed by atoms with Crippen molar-refractivity contribution in [2.45, 2.75) is 57.9 Å². The van der Waals surface area contributed by atoms with E-state index in [-0.39, 0.29) is 0 Å². The zero-order valence-corrected chi connectivity index (χ0v) is 12.6. The summed E-state index contributed by atoms with van der Waals surface area (Å²) >= 11 is 0. The first-order valence-corrected chi connectivity index (χ1v) is 8.49. The second-order valence-corrected chi connectivity index (χ2v) is 6.45. The van der Waals surface area contributed by atoms with Crippen LogP contribution in [0.1, 0.15) is 56.1 Å². The van der Waals surface area contributed by atoms with Gasteiger partial charge in [-0.15, -0.1) is 0 Å². The minimum atomic E-state index is 0.985. The number of fused-ring (bicyclic) bond motifs is 1. The molecule has 2 heteroatoms. The van der Waals surface area contributed by atoms with Gasteiger partial charge in [-0.1, -0.05) is 50.3 Å². The Morgan fingerprint density at radius 1 is 1.10 bits per heavy atom. The lowest BCUT2D eigenvalue weighted by atomic mass is 9.87. The van der Waals surface area contributed by atoms with E-state index < -0.39 is 0 Å². The van der Waals surface area contributed by atoms with Crippen molar-refractivity contribution in [3.63, 3.8) is 0 Å². The molecule has 0 aromatic heterocycles. The molecule has 1 aliphatic carbocycles. The lowest BCUT2D eigenvalue weighted by Crippen LogP contribution is -2.21. The molecule has 0 amide bonds. The molecule has 1 saturated carbocycles. The van der Waals surface area contributed by atoms with Crippen LogP contribution in [0.5, 0.6) is 0 Å². The maximum absolute atomic E-state index is 3.66. The van der Waals surface area contributed by atoms with Gasteiger partial charge in [0.2, 0.25) is 0 Å². The highest BCUT2D eigenvalue weighted by Gasteiger charge is 2.14. The monoisotopic (exact) mass is 272 g/mol. The summed E-state index contributed by atoms with van der Waals surface area (Å²) in [6, 6.07) is 6.75. The third-order valence-electron chi connectivity index (χ3n) is 4.93. The van der Waals surface area contributed by atoms with Crippen molar-refractivity contribution in [1.82, 2.24) is 5.32 Å². The van der Waals surface area contributed by atoms with E-state index >= 15 is 0 Å². The van der Waals surface area contributed by atoms with Crippen LogP contribution in [0.15, 0.2) is 18.2 Å². The van der Waals surface area contributed by atoms with Gasteiger partial charge in [-0.2, -0.15) is 0 Å². The van der Waals surface area contributed by atoms with E-state index in [4.69, 9.17) is 0 Å². The van der Waals surface area contributed by atoms with Crippen LogP contribution < -0.4 is 10.6 Å². The molecular weight excluding hydrogens is 244 g/mol. The largest absolute Gasteiger partial charge is 0.385 e. The van der Waals surface area contributed by atoms with Crippen molar-refractivity contribution in [3.8, 4) is 0 Å². The standard InChI is InChI=1S/C18H28N2/c1-2-6-15(7-3-1)11-13-19-14-17-9-4-8-16-10-5-12-20-18(16)17/h4,8-9,15,19-20H,1-3,5-7,10-14H2. The van der Waals surface area contributed by atoms with E-state index in [1.54, 1.807) is 0 Å². The first-order valence-electron chi connectivity index (χ1n) is 8.49. The van der Waals surface area contributed by atoms with Gasteiger partial charge < -0.3 is 10.6 Å². The van der Waals surface area contributed by atoms with Crippen LogP contribution in [-0.2, 0) is 13.0 Å². The molecule has 0 atom stereocenters. The van der Waals surface area contributed by atoms with Crippen molar-refractivity contribution >= 4 is 5.69 Å². The number of rotatable bonds is 5. The van der Waals surface area contributed by atoms with E-state index in [1.807, 2.05) is 0 Å². The fourth-order valence-electron chi connectivity index (χ4n) is 3.73. The second-order valence-electron chi connectivity index (χ2n) is 6.45. The van der Waals surface area contributed by atoms with E-state index in [2.05, 4.69) is 28.8 Å². The molecule has 2 aliphatic rings. The third-order valence-corrected chi connectivity index (χ3v) is 4.93. The molecule has 0 spiro atoms. The molecular formula is C18H28N2. The molecule has 2 N–H and O–H groups in total. The molecule has 110 valence electrons. The number of hydrogen-bond donors (Lipinski definition) is 2. The number of benzene rings is 1. The van der Waals surface area contributed by atoms with Gasteiger partial charge >= 0.3 is 0 Å². The van der Waals surface area contributed by atoms with Gasteiger partial charge in [-0.3, -0.25) is 0 Å². The molecule has 1 aromatic carbocycles. The van der Waals surface area contributed by atoms with Crippen LogP contribution in [0.3, 0.4) is 0 Å². The summed E-state index contributed by atoms with van der Waals surface area (Å²) in [6.07, 6.45) is 11.2. The maximum Gasteiger partial charge on any atom is 0.0418 e. The Kier molecular flexibility index (Phi) is 4.96. The van der Waals surface area contributed by atoms with Gasteiger partial charge in [0, 0.05) is 18.8 Å². The fraction of sp³-hybridized carbons (Fsp3) is 0.667. The van der Waals surface area contributed by atoms with Gasteiger partial charge in [-0.25, -0.2) is 0 Å². The smallest absolute Gasteiger partial charge is 0.0418 e. The molecule has 0 saturated heterocycles. The second kappa shape index (κ2) is 7.12. The Bertz CT molecular complexity index is 421. The molecule has 0 unspecified atom stereocenters. The van der Waals surface area contributed by atoms with Gasteiger partial charge in [0.1, 0.15) is 0 Å². The van der Waals surface area contributed by atoms with Crippen molar-refractivity contribution in [3.05, 3.63) is 29.3 Å². The van der Waals surface area contributed by atoms with Gasteiger partial charge in [0.15, 0.2) is 0 Å². The SMILES string of the molecule is c1cc2c(c(CNCCC3CCCCC3)c1)NCCC2. The molecule has 1 aromatic rings. The Morgan fingerprint density at radius 2 is 2.00 bits per heavy atom. The third kappa shape index (κ3) is 3.54. The average Bonchev–Trinajstić information content (AvgIpc) is 2.53. The molecule has 0 bridgehead atoms. The maximum atomic E-state index is 3.66. The Morgan fingerprint density at radius 3 is 2.90 bits per heavy atom. The highest BCUT2D eigenvalue weighted by Crippen LogP contribution is 2.27. The predicted octanol–water partition coefficient (Wildman–Crippen LogP) is 4.10. The highest BCUT2D eigenvalue weighted by molar-refractivity contribution is 5.59. The number of aryl methyl sites for hydroxylation is 1. The minimum absolute atomic E-state index is 0.985. The van der Waals surface area contributed by atoms with Crippen LogP contribution in [0.4, 0.5) is 5.69 Å². The lowest BCUT2D eigenvalue weighted by molar-refractivity contribution is 0.334. The minimum Gasteiger partial charge on any atom is -0.385 e. The van der Waals surface area contributed by atoms with Crippen LogP contribution in [0.2, 0.25) is 0 Å². The molecule has 1 heterocycles. The number of anilines is 1. The number of hydrogen-bond acceptors (Lipinski definition) is 2. The first kappa shape index (κ1) is 13.9. The van der Waals surface area contributed by atoms with Crippen molar-refractivity contribution < 1.29 is 0 Å². The molecule has 2 nitrogen and oxygen atoms in total. The summed E-state index contributed by atoms with van der Waals surface area (Å²) < 4.78 is 0. The predicted molar refractivity (Wildman–Crippen MR) is 86.2 cm³/mol. The Hall–Kier alpha value is -1.02. The zero-order valence-electron chi connectivity index (χ0n) is 12.6. The van der Waals surface area contributed by atoms with Crippen LogP contribution >= 0.6 is 0 Å². The summed E-state index contributed by atoms with van der Waals surface area (Å²) in [5, 5.41) is 7.24. The highest BCUT2D eigenvalue weighted by atomic mass is 14.9. The number of nitrogens with one attached hydrogen (secondary N) is 2. The summed E-state index contributed by atoms with van der Waals surface area (Å²) in [5.74, 6) is 0.985. The van der Waals surface area contributed by atoms with E-state index in [1.165, 1.54) is 74.7 Å². The van der Waals surface area contributed by atoms with E-state index in [0.29, 0.717) is 0 Å². The van der Waals surface area contributed by atoms with Crippen LogP contribution in [0, 0.1) is 5.92 Å². The van der Waals surface area contributed by atoms with Gasteiger partial charge in [0.25, 0.3) is 0 Å². The Balaban J connectivity index is 1.46. The van der Waals surface area contributed by atoms with Gasteiger partial charge in [0.05, 0.1) is 0 Å². The molecule has 1 fully saturated rings. The summed E-state index contributed by atoms with van der Waals surface area (Å²) in [6.45, 7) is 3.32. The lowest BCUT2D eigenvalue weighted by Gasteiger charge is -2.23. The summed E-state index contributed by atoms with van der Waals surface area (Å²) in [5.41, 5.74) is 4.36. The summed E-state index contributed by atoms with van der Waals surface area (Å²) in [7, 11) is 0. The van der Waals surface area contributed by atoms with Crippen molar-refractivity contribution in [2.24, 2.45) is 5.92 Å². The molecule has 0 radical (unpaired) electrons. The zero-order chi connectivity index (χ0) is 13.6. The van der Waals surface area contributed by atoms with E-state index in [0.717, 1.165) is 19.0 Å². The van der Waals surface area contributed by atoms with Crippen molar-refractivity contribution in [2.75, 3.05) is 18.4 Å². The van der Waals surface area contributed by atoms with E-state index in [9.17, 15) is 0 Å². The van der Waals surface area contributed by atoms with Crippen LogP contribution in [0.25, 0.3) is 0 Å². The molecule has 1 aliphatic heterocycles. The van der Waals surface area contributed by atoms with Gasteiger partial charge in [-0.05, 0) is 42.9 Å². The van der Waals surface area contributed by atoms with Crippen LogP contribution in [-0.4, -0.2) is 13.1 Å². The Labute approximate surface area is 123 Å². The quantitative estimate of drug-likeness (QED) is 0.788. The van der Waals surface area contributed by atoms with Crippen molar-refractivity contribution in [1.29, 1.82) is 0 Å². The average molecular weight is 272 g/mol.